The van der Waals surface area contributed by atoms with Crippen molar-refractivity contribution < 1.29 is 19.4 Å². The van der Waals surface area contributed by atoms with Gasteiger partial charge < -0.3 is 15.2 Å². The van der Waals surface area contributed by atoms with Gasteiger partial charge in [0, 0.05) is 12.7 Å². The summed E-state index contributed by atoms with van der Waals surface area (Å²) in [5.74, 6) is -1.36. The van der Waals surface area contributed by atoms with E-state index in [9.17, 15) is 9.59 Å². The number of amides is 1. The lowest BCUT2D eigenvalue weighted by Crippen LogP contribution is -2.33. The van der Waals surface area contributed by atoms with Crippen molar-refractivity contribution in [1.82, 2.24) is 10.3 Å². The average Bonchev–Trinajstić information content (AvgIpc) is 2.94. The van der Waals surface area contributed by atoms with Crippen molar-refractivity contribution in [2.45, 2.75) is 25.0 Å². The van der Waals surface area contributed by atoms with E-state index in [0.29, 0.717) is 18.4 Å². The average molecular weight is 275 g/mol. The van der Waals surface area contributed by atoms with E-state index in [1.54, 1.807) is 0 Å². The van der Waals surface area contributed by atoms with Gasteiger partial charge in [0.1, 0.15) is 11.8 Å². The fourth-order valence-electron chi connectivity index (χ4n) is 1.93. The van der Waals surface area contributed by atoms with Gasteiger partial charge in [0.2, 0.25) is 0 Å². The Morgan fingerprint density at radius 2 is 2.30 bits per heavy atom. The highest BCUT2D eigenvalue weighted by Crippen LogP contribution is 2.19. The summed E-state index contributed by atoms with van der Waals surface area (Å²) in [6.45, 7) is 0.240. The largest absolute Gasteiger partial charge is 0.479 e. The molecule has 0 aromatic carbocycles. The molecule has 0 bridgehead atoms. The SMILES string of the molecule is N#Cc1ccc(C(=O)NCC2CCC(C(=O)O)O2)nc1. The number of aromatic nitrogens is 1. The smallest absolute Gasteiger partial charge is 0.332 e. The van der Waals surface area contributed by atoms with E-state index in [4.69, 9.17) is 15.1 Å². The molecule has 0 spiro atoms. The third-order valence-electron chi connectivity index (χ3n) is 3.00. The molecule has 0 saturated carbocycles. The van der Waals surface area contributed by atoms with Crippen molar-refractivity contribution in [1.29, 1.82) is 5.26 Å². The number of carbonyl (C=O) groups is 2. The van der Waals surface area contributed by atoms with Crippen LogP contribution in [0, 0.1) is 11.3 Å². The molecule has 0 radical (unpaired) electrons. The molecule has 1 aliphatic rings. The molecule has 7 nitrogen and oxygen atoms in total. The fourth-order valence-corrected chi connectivity index (χ4v) is 1.93. The molecular weight excluding hydrogens is 262 g/mol. The summed E-state index contributed by atoms with van der Waals surface area (Å²) in [4.78, 5) is 26.4. The minimum Gasteiger partial charge on any atom is -0.479 e. The zero-order chi connectivity index (χ0) is 14.5. The molecule has 104 valence electrons. The molecule has 20 heavy (non-hydrogen) atoms. The molecule has 2 atom stereocenters. The fraction of sp³-hybridized carbons (Fsp3) is 0.385. The Labute approximate surface area is 115 Å². The van der Waals surface area contributed by atoms with Gasteiger partial charge in [-0.15, -0.1) is 0 Å². The summed E-state index contributed by atoms with van der Waals surface area (Å²) in [5.41, 5.74) is 0.585. The number of nitriles is 1. The Kier molecular flexibility index (Phi) is 4.27. The van der Waals surface area contributed by atoms with Gasteiger partial charge >= 0.3 is 5.97 Å². The number of carboxylic acids is 1. The van der Waals surface area contributed by atoms with Crippen LogP contribution in [0.4, 0.5) is 0 Å². The van der Waals surface area contributed by atoms with Crippen LogP contribution in [0.5, 0.6) is 0 Å². The minimum absolute atomic E-state index is 0.205. The van der Waals surface area contributed by atoms with Crippen molar-refractivity contribution in [3.8, 4) is 6.07 Å². The number of aliphatic carboxylic acids is 1. The monoisotopic (exact) mass is 275 g/mol. The Morgan fingerprint density at radius 1 is 1.50 bits per heavy atom. The van der Waals surface area contributed by atoms with Crippen molar-refractivity contribution in [2.75, 3.05) is 6.54 Å². The number of ether oxygens (including phenoxy) is 1. The molecule has 0 aliphatic carbocycles. The summed E-state index contributed by atoms with van der Waals surface area (Å²) in [6.07, 6.45) is 1.29. The maximum atomic E-state index is 11.8. The maximum absolute atomic E-state index is 11.8. The van der Waals surface area contributed by atoms with E-state index in [2.05, 4.69) is 10.3 Å². The summed E-state index contributed by atoms with van der Waals surface area (Å²) >= 11 is 0. The third-order valence-corrected chi connectivity index (χ3v) is 3.00. The number of pyridine rings is 1. The van der Waals surface area contributed by atoms with Gasteiger partial charge in [0.25, 0.3) is 5.91 Å². The normalized spacial score (nSPS) is 21.1. The lowest BCUT2D eigenvalue weighted by molar-refractivity contribution is -0.149. The van der Waals surface area contributed by atoms with E-state index in [1.807, 2.05) is 6.07 Å². The molecule has 1 saturated heterocycles. The summed E-state index contributed by atoms with van der Waals surface area (Å²) < 4.78 is 5.27. The van der Waals surface area contributed by atoms with E-state index in [0.717, 1.165) is 0 Å². The van der Waals surface area contributed by atoms with Crippen LogP contribution in [0.15, 0.2) is 18.3 Å². The standard InChI is InChI=1S/C13H13N3O4/c14-5-8-1-3-10(15-6-8)12(17)16-7-9-2-4-11(20-9)13(18)19/h1,3,6,9,11H,2,4,7H2,(H,16,17)(H,18,19). The molecule has 2 rings (SSSR count). The topological polar surface area (TPSA) is 112 Å². The first kappa shape index (κ1) is 14.0. The minimum atomic E-state index is -0.979. The van der Waals surface area contributed by atoms with Crippen molar-refractivity contribution in [3.63, 3.8) is 0 Å². The molecule has 2 unspecified atom stereocenters. The van der Waals surface area contributed by atoms with E-state index < -0.39 is 12.1 Å². The van der Waals surface area contributed by atoms with E-state index >= 15 is 0 Å². The van der Waals surface area contributed by atoms with Crippen LogP contribution in [-0.2, 0) is 9.53 Å². The van der Waals surface area contributed by atoms with Gasteiger partial charge in [-0.3, -0.25) is 4.79 Å². The highest BCUT2D eigenvalue weighted by atomic mass is 16.5. The van der Waals surface area contributed by atoms with Gasteiger partial charge in [-0.25, -0.2) is 9.78 Å². The number of carbonyl (C=O) groups excluding carboxylic acids is 1. The zero-order valence-corrected chi connectivity index (χ0v) is 10.6. The highest BCUT2D eigenvalue weighted by Gasteiger charge is 2.30. The second kappa shape index (κ2) is 6.12. The molecule has 1 amide bonds. The van der Waals surface area contributed by atoms with Gasteiger partial charge in [-0.05, 0) is 25.0 Å². The summed E-state index contributed by atoms with van der Waals surface area (Å²) in [5, 5.41) is 20.1. The van der Waals surface area contributed by atoms with Crippen molar-refractivity contribution in [3.05, 3.63) is 29.6 Å². The van der Waals surface area contributed by atoms with Crippen LogP contribution in [0.3, 0.4) is 0 Å². The number of hydrogen-bond donors (Lipinski definition) is 2. The Hall–Kier alpha value is -2.46. The molecule has 1 aliphatic heterocycles. The van der Waals surface area contributed by atoms with Gasteiger partial charge in [-0.2, -0.15) is 5.26 Å². The van der Waals surface area contributed by atoms with E-state index in [1.165, 1.54) is 18.3 Å². The Bertz CT molecular complexity index is 550. The molecule has 2 heterocycles. The van der Waals surface area contributed by atoms with Gasteiger partial charge in [0.15, 0.2) is 6.10 Å². The molecule has 1 aromatic rings. The van der Waals surface area contributed by atoms with Gasteiger partial charge in [0.05, 0.1) is 11.7 Å². The lowest BCUT2D eigenvalue weighted by atomic mass is 10.2. The number of carboxylic acid groups (broad SMARTS) is 1. The predicted octanol–water partition coefficient (Wildman–Crippen LogP) is 0.315. The first-order valence-electron chi connectivity index (χ1n) is 6.13. The maximum Gasteiger partial charge on any atom is 0.332 e. The van der Waals surface area contributed by atoms with Crippen LogP contribution in [0.25, 0.3) is 0 Å². The second-order valence-corrected chi connectivity index (χ2v) is 4.42. The first-order valence-corrected chi connectivity index (χ1v) is 6.13. The lowest BCUT2D eigenvalue weighted by Gasteiger charge is -2.12. The zero-order valence-electron chi connectivity index (χ0n) is 10.6. The number of nitrogens with one attached hydrogen (secondary N) is 1. The second-order valence-electron chi connectivity index (χ2n) is 4.42. The third kappa shape index (κ3) is 3.30. The predicted molar refractivity (Wildman–Crippen MR) is 66.8 cm³/mol. The molecule has 7 heteroatoms. The van der Waals surface area contributed by atoms with Crippen LogP contribution < -0.4 is 5.32 Å². The highest BCUT2D eigenvalue weighted by molar-refractivity contribution is 5.92. The van der Waals surface area contributed by atoms with Crippen molar-refractivity contribution in [2.24, 2.45) is 0 Å². The van der Waals surface area contributed by atoms with Crippen LogP contribution in [0.1, 0.15) is 28.9 Å². The summed E-state index contributed by atoms with van der Waals surface area (Å²) in [6, 6.07) is 4.89. The van der Waals surface area contributed by atoms with Crippen molar-refractivity contribution >= 4 is 11.9 Å². The summed E-state index contributed by atoms with van der Waals surface area (Å²) in [7, 11) is 0. The molecule has 2 N–H and O–H groups in total. The van der Waals surface area contributed by atoms with Gasteiger partial charge in [-0.1, -0.05) is 0 Å². The Morgan fingerprint density at radius 3 is 2.85 bits per heavy atom. The van der Waals surface area contributed by atoms with Crippen LogP contribution in [0.2, 0.25) is 0 Å². The van der Waals surface area contributed by atoms with Crippen LogP contribution >= 0.6 is 0 Å². The molecular formula is C13H13N3O4. The Balaban J connectivity index is 1.83. The van der Waals surface area contributed by atoms with Crippen LogP contribution in [-0.4, -0.2) is 40.7 Å². The number of rotatable bonds is 4. The quantitative estimate of drug-likeness (QED) is 0.818. The number of nitrogens with zero attached hydrogens (tertiary/aromatic N) is 2. The van der Waals surface area contributed by atoms with E-state index in [-0.39, 0.29) is 24.2 Å². The number of hydrogen-bond acceptors (Lipinski definition) is 5. The molecule has 1 aromatic heterocycles. The first-order chi connectivity index (χ1) is 9.60. The molecule has 1 fully saturated rings.